The normalized spacial score (nSPS) is 11.3. The minimum atomic E-state index is -1.26. The van der Waals surface area contributed by atoms with Gasteiger partial charge in [0.25, 0.3) is 5.91 Å². The number of nitrogens with one attached hydrogen (secondary N) is 1. The predicted octanol–water partition coefficient (Wildman–Crippen LogP) is 3.36. The Hall–Kier alpha value is -3.89. The largest absolute Gasteiger partial charge is 0.493 e. The van der Waals surface area contributed by atoms with Gasteiger partial charge in [-0.25, -0.2) is 0 Å². The number of nitrogens with zero attached hydrogens (tertiary/aromatic N) is 2. The van der Waals surface area contributed by atoms with Crippen LogP contribution in [0, 0.1) is 18.3 Å². The molecule has 1 unspecified atom stereocenters. The van der Waals surface area contributed by atoms with Crippen LogP contribution in [0.15, 0.2) is 60.7 Å². The summed E-state index contributed by atoms with van der Waals surface area (Å²) >= 11 is 0. The molecule has 0 bridgehead atoms. The van der Waals surface area contributed by atoms with Gasteiger partial charge in [0, 0.05) is 17.8 Å². The first-order chi connectivity index (χ1) is 15.5. The fraction of sp³-hybridized carbons (Fsp3) is 0.240. The highest BCUT2D eigenvalue weighted by Crippen LogP contribution is 2.28. The number of ether oxygens (including phenoxy) is 2. The number of methoxy groups -OCH3 is 1. The number of hydrogen-bond donors (Lipinski definition) is 2. The molecule has 1 heterocycles. The summed E-state index contributed by atoms with van der Waals surface area (Å²) in [4.78, 5) is 16.9. The van der Waals surface area contributed by atoms with Crippen molar-refractivity contribution in [3.63, 3.8) is 0 Å². The topological polar surface area (TPSA) is 104 Å². The summed E-state index contributed by atoms with van der Waals surface area (Å²) in [6.07, 6.45) is -0.712. The minimum Gasteiger partial charge on any atom is -0.493 e. The van der Waals surface area contributed by atoms with E-state index in [4.69, 9.17) is 14.7 Å². The van der Waals surface area contributed by atoms with E-state index in [-0.39, 0.29) is 6.61 Å². The first-order valence-corrected chi connectivity index (χ1v) is 10.2. The Morgan fingerprint density at radius 1 is 1.16 bits per heavy atom. The van der Waals surface area contributed by atoms with Gasteiger partial charge in [-0.1, -0.05) is 36.4 Å². The van der Waals surface area contributed by atoms with E-state index in [2.05, 4.69) is 10.3 Å². The highest BCUT2D eigenvalue weighted by atomic mass is 16.5. The van der Waals surface area contributed by atoms with Crippen LogP contribution in [0.3, 0.4) is 0 Å². The lowest BCUT2D eigenvalue weighted by Crippen LogP contribution is -2.30. The number of pyridine rings is 1. The van der Waals surface area contributed by atoms with Gasteiger partial charge < -0.3 is 19.9 Å². The Kier molecular flexibility index (Phi) is 7.79. The predicted molar refractivity (Wildman–Crippen MR) is 120 cm³/mol. The summed E-state index contributed by atoms with van der Waals surface area (Å²) < 4.78 is 10.6. The lowest BCUT2D eigenvalue weighted by Gasteiger charge is -2.13. The summed E-state index contributed by atoms with van der Waals surface area (Å²) in [7, 11) is 1.52. The number of hydrogen-bond acceptors (Lipinski definition) is 6. The number of aliphatic hydroxyl groups is 1. The summed E-state index contributed by atoms with van der Waals surface area (Å²) in [5, 5.41) is 21.8. The molecule has 7 heteroatoms. The molecule has 0 spiro atoms. The molecule has 0 radical (unpaired) electrons. The van der Waals surface area contributed by atoms with Crippen molar-refractivity contribution in [2.24, 2.45) is 0 Å². The van der Waals surface area contributed by atoms with Gasteiger partial charge in [0.2, 0.25) is 0 Å². The van der Waals surface area contributed by atoms with Crippen LogP contribution in [-0.4, -0.2) is 36.3 Å². The molecular weight excluding hydrogens is 406 g/mol. The number of rotatable bonds is 9. The maximum Gasteiger partial charge on any atom is 0.253 e. The molecule has 32 heavy (non-hydrogen) atoms. The van der Waals surface area contributed by atoms with Crippen LogP contribution in [0.5, 0.6) is 11.5 Å². The van der Waals surface area contributed by atoms with Crippen LogP contribution in [0.25, 0.3) is 11.3 Å². The quantitative estimate of drug-likeness (QED) is 0.538. The molecule has 0 fully saturated rings. The summed E-state index contributed by atoms with van der Waals surface area (Å²) in [5.74, 6) is 0.543. The lowest BCUT2D eigenvalue weighted by atomic mass is 10.0. The monoisotopic (exact) mass is 431 g/mol. The SMILES string of the molecule is COc1cc(CCNC(=O)C(O)c2ccc(-c3cccc(C)n3)cc2)ccc1OCC#N. The molecule has 1 aromatic heterocycles. The minimum absolute atomic E-state index is 0.0634. The molecule has 0 saturated heterocycles. The third-order valence-corrected chi connectivity index (χ3v) is 4.89. The van der Waals surface area contributed by atoms with Gasteiger partial charge in [-0.2, -0.15) is 5.26 Å². The van der Waals surface area contributed by atoms with Crippen LogP contribution >= 0.6 is 0 Å². The third kappa shape index (κ3) is 5.84. The molecule has 164 valence electrons. The maximum absolute atomic E-state index is 12.4. The summed E-state index contributed by atoms with van der Waals surface area (Å²) in [6, 6.07) is 20.2. The van der Waals surface area contributed by atoms with E-state index in [1.807, 2.05) is 49.4 Å². The van der Waals surface area contributed by atoms with E-state index < -0.39 is 12.0 Å². The second kappa shape index (κ2) is 10.9. The highest BCUT2D eigenvalue weighted by Gasteiger charge is 2.17. The zero-order valence-corrected chi connectivity index (χ0v) is 18.0. The zero-order valence-electron chi connectivity index (χ0n) is 18.0. The first kappa shape index (κ1) is 22.8. The Morgan fingerprint density at radius 3 is 2.62 bits per heavy atom. The smallest absolute Gasteiger partial charge is 0.253 e. The molecule has 3 rings (SSSR count). The van der Waals surface area contributed by atoms with E-state index in [1.54, 1.807) is 24.3 Å². The van der Waals surface area contributed by atoms with Crippen molar-refractivity contribution in [1.29, 1.82) is 5.26 Å². The van der Waals surface area contributed by atoms with Crippen molar-refractivity contribution in [3.05, 3.63) is 77.5 Å². The van der Waals surface area contributed by atoms with Crippen molar-refractivity contribution < 1.29 is 19.4 Å². The Bertz CT molecular complexity index is 1110. The number of benzene rings is 2. The van der Waals surface area contributed by atoms with Crippen LogP contribution in [0.4, 0.5) is 0 Å². The van der Waals surface area contributed by atoms with Crippen LogP contribution in [0.2, 0.25) is 0 Å². The third-order valence-electron chi connectivity index (χ3n) is 4.89. The van der Waals surface area contributed by atoms with Gasteiger partial charge in [0.15, 0.2) is 24.2 Å². The Morgan fingerprint density at radius 2 is 1.94 bits per heavy atom. The Balaban J connectivity index is 1.55. The van der Waals surface area contributed by atoms with E-state index in [0.29, 0.717) is 30.0 Å². The lowest BCUT2D eigenvalue weighted by molar-refractivity contribution is -0.129. The highest BCUT2D eigenvalue weighted by molar-refractivity contribution is 5.82. The van der Waals surface area contributed by atoms with Gasteiger partial charge in [0.1, 0.15) is 6.07 Å². The molecular formula is C25H25N3O4. The van der Waals surface area contributed by atoms with Crippen molar-refractivity contribution in [1.82, 2.24) is 10.3 Å². The standard InChI is InChI=1S/C25H25N3O4/c1-17-4-3-5-21(28-17)19-7-9-20(10-8-19)24(29)25(30)27-14-12-18-6-11-22(32-15-13-26)23(16-18)31-2/h3-11,16,24,29H,12,14-15H2,1-2H3,(H,27,30). The van der Waals surface area contributed by atoms with Crippen LogP contribution in [0.1, 0.15) is 22.9 Å². The van der Waals surface area contributed by atoms with Crippen molar-refractivity contribution >= 4 is 5.91 Å². The molecule has 0 aliphatic carbocycles. The van der Waals surface area contributed by atoms with E-state index >= 15 is 0 Å². The van der Waals surface area contributed by atoms with E-state index in [0.717, 1.165) is 22.5 Å². The number of aliphatic hydroxyl groups excluding tert-OH is 1. The summed E-state index contributed by atoms with van der Waals surface area (Å²) in [5.41, 5.74) is 4.12. The van der Waals surface area contributed by atoms with Crippen LogP contribution in [-0.2, 0) is 11.2 Å². The maximum atomic E-state index is 12.4. The van der Waals surface area contributed by atoms with Gasteiger partial charge in [0.05, 0.1) is 12.8 Å². The van der Waals surface area contributed by atoms with Gasteiger partial charge >= 0.3 is 0 Å². The molecule has 3 aromatic rings. The van der Waals surface area contributed by atoms with Gasteiger partial charge in [-0.3, -0.25) is 9.78 Å². The number of amides is 1. The van der Waals surface area contributed by atoms with Crippen molar-refractivity contribution in [2.75, 3.05) is 20.3 Å². The number of carbonyl (C=O) groups excluding carboxylic acids is 1. The molecule has 0 saturated carbocycles. The molecule has 1 amide bonds. The second-order valence-electron chi connectivity index (χ2n) is 7.16. The van der Waals surface area contributed by atoms with Crippen molar-refractivity contribution in [2.45, 2.75) is 19.4 Å². The molecule has 2 N–H and O–H groups in total. The average Bonchev–Trinajstić information content (AvgIpc) is 2.82. The molecule has 0 aliphatic rings. The fourth-order valence-electron chi connectivity index (χ4n) is 3.21. The van der Waals surface area contributed by atoms with Gasteiger partial charge in [-0.05, 0) is 48.7 Å². The van der Waals surface area contributed by atoms with E-state index in [9.17, 15) is 9.90 Å². The van der Waals surface area contributed by atoms with Gasteiger partial charge in [-0.15, -0.1) is 0 Å². The number of aromatic nitrogens is 1. The molecule has 0 aliphatic heterocycles. The number of carbonyl (C=O) groups is 1. The zero-order chi connectivity index (χ0) is 22.9. The van der Waals surface area contributed by atoms with E-state index in [1.165, 1.54) is 7.11 Å². The number of aryl methyl sites for hydroxylation is 1. The second-order valence-corrected chi connectivity index (χ2v) is 7.16. The molecule has 2 aromatic carbocycles. The fourth-order valence-corrected chi connectivity index (χ4v) is 3.21. The Labute approximate surface area is 187 Å². The first-order valence-electron chi connectivity index (χ1n) is 10.2. The average molecular weight is 431 g/mol. The van der Waals surface area contributed by atoms with Crippen molar-refractivity contribution in [3.8, 4) is 28.8 Å². The molecule has 1 atom stereocenters. The van der Waals surface area contributed by atoms with Crippen LogP contribution < -0.4 is 14.8 Å². The summed E-state index contributed by atoms with van der Waals surface area (Å²) in [6.45, 7) is 2.22. The number of nitriles is 1. The molecule has 7 nitrogen and oxygen atoms in total.